The van der Waals surface area contributed by atoms with E-state index in [0.717, 1.165) is 10.6 Å². The largest absolute Gasteiger partial charge is 0.335 e. The molecule has 1 amide bonds. The lowest BCUT2D eigenvalue weighted by Gasteiger charge is -2.20. The Balaban J connectivity index is 1.61. The van der Waals surface area contributed by atoms with Crippen molar-refractivity contribution in [1.29, 1.82) is 0 Å². The lowest BCUT2D eigenvalue weighted by atomic mass is 10.2. The standard InChI is InChI=1S/C21H23N3O2S/c1-3-24(20(25)12-13-27-16-10-8-15(2)9-11-16)14-19-22-18-7-5-4-6-17(18)21(26)23-19/h4-11H,3,12-14H2,1-2H3,(H,22,23,26). The number of aromatic nitrogens is 2. The van der Waals surface area contributed by atoms with E-state index in [0.29, 0.717) is 36.2 Å². The van der Waals surface area contributed by atoms with Gasteiger partial charge in [-0.25, -0.2) is 4.98 Å². The zero-order chi connectivity index (χ0) is 19.2. The number of para-hydroxylation sites is 1. The van der Waals surface area contributed by atoms with Gasteiger partial charge in [0.2, 0.25) is 5.91 Å². The van der Waals surface area contributed by atoms with Crippen LogP contribution in [-0.2, 0) is 11.3 Å². The number of hydrogen-bond donors (Lipinski definition) is 1. The van der Waals surface area contributed by atoms with E-state index >= 15 is 0 Å². The van der Waals surface area contributed by atoms with Crippen molar-refractivity contribution in [3.8, 4) is 0 Å². The van der Waals surface area contributed by atoms with Crippen molar-refractivity contribution in [2.75, 3.05) is 12.3 Å². The van der Waals surface area contributed by atoms with E-state index in [-0.39, 0.29) is 11.5 Å². The van der Waals surface area contributed by atoms with E-state index in [1.807, 2.05) is 25.1 Å². The van der Waals surface area contributed by atoms with Gasteiger partial charge in [-0.05, 0) is 38.1 Å². The minimum Gasteiger partial charge on any atom is -0.335 e. The van der Waals surface area contributed by atoms with Gasteiger partial charge >= 0.3 is 0 Å². The highest BCUT2D eigenvalue weighted by atomic mass is 32.2. The SMILES string of the molecule is CCN(Cc1nc2ccccc2c(=O)[nH]1)C(=O)CCSc1ccc(C)cc1. The first-order valence-corrected chi connectivity index (χ1v) is 10.0. The molecule has 0 atom stereocenters. The van der Waals surface area contributed by atoms with Crippen LogP contribution in [0.5, 0.6) is 0 Å². The van der Waals surface area contributed by atoms with Crippen LogP contribution in [0.25, 0.3) is 10.9 Å². The van der Waals surface area contributed by atoms with Gasteiger partial charge in [0.25, 0.3) is 5.56 Å². The molecule has 2 aromatic carbocycles. The average molecular weight is 382 g/mol. The highest BCUT2D eigenvalue weighted by Gasteiger charge is 2.14. The summed E-state index contributed by atoms with van der Waals surface area (Å²) >= 11 is 1.68. The maximum Gasteiger partial charge on any atom is 0.258 e. The molecule has 0 aliphatic heterocycles. The molecule has 27 heavy (non-hydrogen) atoms. The quantitative estimate of drug-likeness (QED) is 0.633. The van der Waals surface area contributed by atoms with Gasteiger partial charge in [0.05, 0.1) is 17.4 Å². The molecule has 0 saturated carbocycles. The number of carbonyl (C=O) groups is 1. The normalized spacial score (nSPS) is 10.9. The number of hydrogen-bond acceptors (Lipinski definition) is 4. The lowest BCUT2D eigenvalue weighted by molar-refractivity contribution is -0.131. The smallest absolute Gasteiger partial charge is 0.258 e. The number of carbonyl (C=O) groups excluding carboxylic acids is 1. The fourth-order valence-corrected chi connectivity index (χ4v) is 3.66. The van der Waals surface area contributed by atoms with Crippen LogP contribution < -0.4 is 5.56 Å². The number of aryl methyl sites for hydroxylation is 1. The van der Waals surface area contributed by atoms with Crippen LogP contribution in [-0.4, -0.2) is 33.1 Å². The number of fused-ring (bicyclic) bond motifs is 1. The minimum atomic E-state index is -0.172. The number of amides is 1. The number of nitrogens with one attached hydrogen (secondary N) is 1. The Morgan fingerprint density at radius 2 is 1.89 bits per heavy atom. The topological polar surface area (TPSA) is 66.1 Å². The number of nitrogens with zero attached hydrogens (tertiary/aromatic N) is 2. The molecule has 1 N–H and O–H groups in total. The summed E-state index contributed by atoms with van der Waals surface area (Å²) < 4.78 is 0. The third kappa shape index (κ3) is 4.98. The van der Waals surface area contributed by atoms with Gasteiger partial charge in [0, 0.05) is 23.6 Å². The zero-order valence-corrected chi connectivity index (χ0v) is 16.4. The van der Waals surface area contributed by atoms with E-state index in [1.165, 1.54) is 5.56 Å². The summed E-state index contributed by atoms with van der Waals surface area (Å²) in [6, 6.07) is 15.5. The highest BCUT2D eigenvalue weighted by Crippen LogP contribution is 2.19. The highest BCUT2D eigenvalue weighted by molar-refractivity contribution is 7.99. The van der Waals surface area contributed by atoms with Gasteiger partial charge in [-0.1, -0.05) is 29.8 Å². The predicted molar refractivity (Wildman–Crippen MR) is 110 cm³/mol. The van der Waals surface area contributed by atoms with E-state index in [1.54, 1.807) is 22.7 Å². The van der Waals surface area contributed by atoms with E-state index in [9.17, 15) is 9.59 Å². The molecule has 0 saturated heterocycles. The molecule has 3 rings (SSSR count). The minimum absolute atomic E-state index is 0.0629. The third-order valence-corrected chi connectivity index (χ3v) is 5.36. The van der Waals surface area contributed by atoms with Crippen LogP contribution in [0.3, 0.4) is 0 Å². The summed E-state index contributed by atoms with van der Waals surface area (Å²) in [4.78, 5) is 34.9. The number of aromatic amines is 1. The number of benzene rings is 2. The van der Waals surface area contributed by atoms with Crippen LogP contribution >= 0.6 is 11.8 Å². The summed E-state index contributed by atoms with van der Waals surface area (Å²) in [6.45, 7) is 4.88. The van der Waals surface area contributed by atoms with Crippen LogP contribution in [0.4, 0.5) is 0 Å². The third-order valence-electron chi connectivity index (χ3n) is 4.34. The summed E-state index contributed by atoms with van der Waals surface area (Å²) in [5.74, 6) is 1.30. The molecule has 0 radical (unpaired) electrons. The fourth-order valence-electron chi connectivity index (χ4n) is 2.82. The van der Waals surface area contributed by atoms with Crippen LogP contribution in [0.2, 0.25) is 0 Å². The molecular weight excluding hydrogens is 358 g/mol. The Morgan fingerprint density at radius 3 is 2.63 bits per heavy atom. The molecule has 0 fully saturated rings. The molecule has 140 valence electrons. The van der Waals surface area contributed by atoms with Crippen molar-refractivity contribution in [3.05, 3.63) is 70.3 Å². The summed E-state index contributed by atoms with van der Waals surface area (Å²) in [5, 5.41) is 0.560. The first kappa shape index (κ1) is 19.2. The molecule has 5 nitrogen and oxygen atoms in total. The van der Waals surface area contributed by atoms with Gasteiger partial charge in [-0.3, -0.25) is 9.59 Å². The number of H-pyrrole nitrogens is 1. The zero-order valence-electron chi connectivity index (χ0n) is 15.6. The van der Waals surface area contributed by atoms with Crippen molar-refractivity contribution >= 4 is 28.6 Å². The molecule has 0 aliphatic rings. The summed E-state index contributed by atoms with van der Waals surface area (Å²) in [6.07, 6.45) is 0.449. The maximum absolute atomic E-state index is 12.6. The molecule has 6 heteroatoms. The van der Waals surface area contributed by atoms with Gasteiger partial charge in [0.1, 0.15) is 5.82 Å². The molecular formula is C21H23N3O2S. The molecule has 0 unspecified atom stereocenters. The Morgan fingerprint density at radius 1 is 1.15 bits per heavy atom. The van der Waals surface area contributed by atoms with Gasteiger partial charge in [-0.15, -0.1) is 11.8 Å². The van der Waals surface area contributed by atoms with Crippen molar-refractivity contribution in [2.45, 2.75) is 31.7 Å². The predicted octanol–water partition coefficient (Wildman–Crippen LogP) is 3.76. The monoisotopic (exact) mass is 381 g/mol. The average Bonchev–Trinajstić information content (AvgIpc) is 2.67. The second-order valence-electron chi connectivity index (χ2n) is 6.35. The van der Waals surface area contributed by atoms with Crippen molar-refractivity contribution in [3.63, 3.8) is 0 Å². The van der Waals surface area contributed by atoms with Crippen LogP contribution in [0.1, 0.15) is 24.7 Å². The molecule has 3 aromatic rings. The van der Waals surface area contributed by atoms with Crippen LogP contribution in [0.15, 0.2) is 58.2 Å². The molecule has 1 aromatic heterocycles. The first-order chi connectivity index (χ1) is 13.1. The van der Waals surface area contributed by atoms with Crippen molar-refractivity contribution < 1.29 is 4.79 Å². The van der Waals surface area contributed by atoms with E-state index < -0.39 is 0 Å². The summed E-state index contributed by atoms with van der Waals surface area (Å²) in [5.41, 5.74) is 1.70. The second-order valence-corrected chi connectivity index (χ2v) is 7.52. The Kier molecular flexibility index (Phi) is 6.29. The molecule has 0 bridgehead atoms. The molecule has 0 spiro atoms. The Hall–Kier alpha value is -2.60. The molecule has 0 aliphatic carbocycles. The maximum atomic E-state index is 12.6. The van der Waals surface area contributed by atoms with Gasteiger partial charge in [0.15, 0.2) is 0 Å². The molecule has 1 heterocycles. The lowest BCUT2D eigenvalue weighted by Crippen LogP contribution is -2.32. The Bertz CT molecular complexity index is 983. The number of rotatable bonds is 7. The summed E-state index contributed by atoms with van der Waals surface area (Å²) in [7, 11) is 0. The number of thioether (sulfide) groups is 1. The van der Waals surface area contributed by atoms with Gasteiger partial charge < -0.3 is 9.88 Å². The Labute approximate surface area is 162 Å². The second kappa shape index (κ2) is 8.86. The van der Waals surface area contributed by atoms with E-state index in [2.05, 4.69) is 41.2 Å². The van der Waals surface area contributed by atoms with E-state index in [4.69, 9.17) is 0 Å². The van der Waals surface area contributed by atoms with Crippen LogP contribution in [0, 0.1) is 6.92 Å². The van der Waals surface area contributed by atoms with Crippen molar-refractivity contribution in [1.82, 2.24) is 14.9 Å². The van der Waals surface area contributed by atoms with Crippen molar-refractivity contribution in [2.24, 2.45) is 0 Å². The fraction of sp³-hybridized carbons (Fsp3) is 0.286. The first-order valence-electron chi connectivity index (χ1n) is 9.02. The van der Waals surface area contributed by atoms with Gasteiger partial charge in [-0.2, -0.15) is 0 Å².